The van der Waals surface area contributed by atoms with Crippen molar-refractivity contribution < 1.29 is 5.11 Å². The van der Waals surface area contributed by atoms with Gasteiger partial charge in [0.25, 0.3) is 0 Å². The van der Waals surface area contributed by atoms with Crippen LogP contribution in [0.25, 0.3) is 0 Å². The summed E-state index contributed by atoms with van der Waals surface area (Å²) in [4.78, 5) is 5.19. The first-order chi connectivity index (χ1) is 7.58. The Bertz CT molecular complexity index is 467. The van der Waals surface area contributed by atoms with Crippen LogP contribution < -0.4 is 0 Å². The molecular formula is C12H12BrNOS. The van der Waals surface area contributed by atoms with E-state index in [0.29, 0.717) is 6.42 Å². The van der Waals surface area contributed by atoms with E-state index < -0.39 is 5.60 Å². The predicted octanol–water partition coefficient (Wildman–Crippen LogP) is 3.36. The van der Waals surface area contributed by atoms with E-state index in [1.54, 1.807) is 23.7 Å². The molecule has 1 unspecified atom stereocenters. The minimum Gasteiger partial charge on any atom is -0.385 e. The maximum atomic E-state index is 10.4. The molecule has 0 amide bonds. The molecule has 2 heterocycles. The lowest BCUT2D eigenvalue weighted by molar-refractivity contribution is 0.0581. The van der Waals surface area contributed by atoms with Crippen molar-refractivity contribution in [3.8, 4) is 0 Å². The second kappa shape index (κ2) is 4.65. The smallest absolute Gasteiger partial charge is 0.0931 e. The van der Waals surface area contributed by atoms with Crippen LogP contribution in [0.3, 0.4) is 0 Å². The van der Waals surface area contributed by atoms with Crippen LogP contribution in [0.5, 0.6) is 0 Å². The molecule has 2 rings (SSSR count). The number of thiophene rings is 1. The molecule has 0 spiro atoms. The van der Waals surface area contributed by atoms with Crippen molar-refractivity contribution >= 4 is 27.3 Å². The lowest BCUT2D eigenvalue weighted by Crippen LogP contribution is -2.23. The van der Waals surface area contributed by atoms with Crippen molar-refractivity contribution in [1.29, 1.82) is 0 Å². The van der Waals surface area contributed by atoms with E-state index in [0.717, 1.165) is 14.9 Å². The van der Waals surface area contributed by atoms with Crippen LogP contribution >= 0.6 is 27.3 Å². The molecule has 0 aromatic carbocycles. The van der Waals surface area contributed by atoms with Gasteiger partial charge < -0.3 is 5.11 Å². The topological polar surface area (TPSA) is 33.1 Å². The minimum absolute atomic E-state index is 0.606. The zero-order valence-electron chi connectivity index (χ0n) is 8.85. The van der Waals surface area contributed by atoms with Gasteiger partial charge in [0.05, 0.1) is 5.60 Å². The first-order valence-corrected chi connectivity index (χ1v) is 6.61. The lowest BCUT2D eigenvalue weighted by atomic mass is 9.93. The Morgan fingerprint density at radius 2 is 2.38 bits per heavy atom. The SMILES string of the molecule is CC(O)(Cc1cc(Br)cs1)c1cccnc1. The molecule has 0 aliphatic carbocycles. The van der Waals surface area contributed by atoms with Crippen molar-refractivity contribution in [3.63, 3.8) is 0 Å². The summed E-state index contributed by atoms with van der Waals surface area (Å²) in [5.74, 6) is 0. The number of aromatic nitrogens is 1. The molecule has 0 radical (unpaired) electrons. The van der Waals surface area contributed by atoms with Gasteiger partial charge in [-0.25, -0.2) is 0 Å². The second-order valence-corrected chi connectivity index (χ2v) is 5.84. The Hall–Kier alpha value is -0.710. The first kappa shape index (κ1) is 11.8. The van der Waals surface area contributed by atoms with E-state index in [9.17, 15) is 5.11 Å². The number of hydrogen-bond acceptors (Lipinski definition) is 3. The van der Waals surface area contributed by atoms with Crippen molar-refractivity contribution in [2.75, 3.05) is 0 Å². The van der Waals surface area contributed by atoms with Crippen molar-refractivity contribution in [1.82, 2.24) is 4.98 Å². The fourth-order valence-electron chi connectivity index (χ4n) is 1.57. The van der Waals surface area contributed by atoms with Crippen LogP contribution in [0.4, 0.5) is 0 Å². The zero-order valence-corrected chi connectivity index (χ0v) is 11.3. The second-order valence-electron chi connectivity index (χ2n) is 3.92. The van der Waals surface area contributed by atoms with Crippen molar-refractivity contribution in [3.05, 3.63) is 50.9 Å². The average molecular weight is 298 g/mol. The summed E-state index contributed by atoms with van der Waals surface area (Å²) in [7, 11) is 0. The summed E-state index contributed by atoms with van der Waals surface area (Å²) in [5.41, 5.74) is -0.0158. The van der Waals surface area contributed by atoms with Crippen LogP contribution in [-0.2, 0) is 12.0 Å². The molecule has 1 atom stereocenters. The molecule has 1 N–H and O–H groups in total. The van der Waals surface area contributed by atoms with E-state index in [4.69, 9.17) is 0 Å². The van der Waals surface area contributed by atoms with Gasteiger partial charge in [-0.2, -0.15) is 0 Å². The number of pyridine rings is 1. The first-order valence-electron chi connectivity index (χ1n) is 4.94. The molecule has 0 fully saturated rings. The maximum Gasteiger partial charge on any atom is 0.0931 e. The molecule has 0 saturated heterocycles. The van der Waals surface area contributed by atoms with E-state index >= 15 is 0 Å². The van der Waals surface area contributed by atoms with Gasteiger partial charge in [0.15, 0.2) is 0 Å². The maximum absolute atomic E-state index is 10.4. The molecule has 0 aliphatic heterocycles. The fourth-order valence-corrected chi connectivity index (χ4v) is 3.17. The quantitative estimate of drug-likeness (QED) is 0.942. The summed E-state index contributed by atoms with van der Waals surface area (Å²) in [6.07, 6.45) is 4.03. The Kier molecular flexibility index (Phi) is 3.42. The van der Waals surface area contributed by atoms with E-state index in [1.165, 1.54) is 0 Å². The minimum atomic E-state index is -0.863. The largest absolute Gasteiger partial charge is 0.385 e. The molecule has 16 heavy (non-hydrogen) atoms. The Labute approximate surface area is 107 Å². The zero-order chi connectivity index (χ0) is 11.6. The van der Waals surface area contributed by atoms with Crippen molar-refractivity contribution in [2.45, 2.75) is 18.9 Å². The van der Waals surface area contributed by atoms with Gasteiger partial charge in [0, 0.05) is 39.1 Å². The van der Waals surface area contributed by atoms with Gasteiger partial charge >= 0.3 is 0 Å². The van der Waals surface area contributed by atoms with Crippen LogP contribution in [0, 0.1) is 0 Å². The summed E-state index contributed by atoms with van der Waals surface area (Å²) >= 11 is 5.06. The van der Waals surface area contributed by atoms with Crippen LogP contribution in [0.2, 0.25) is 0 Å². The van der Waals surface area contributed by atoms with Crippen molar-refractivity contribution in [2.24, 2.45) is 0 Å². The molecule has 0 saturated carbocycles. The fraction of sp³-hybridized carbons (Fsp3) is 0.250. The third kappa shape index (κ3) is 2.70. The number of hydrogen-bond donors (Lipinski definition) is 1. The third-order valence-electron chi connectivity index (χ3n) is 2.42. The van der Waals surface area contributed by atoms with Crippen LogP contribution in [0.15, 0.2) is 40.4 Å². The van der Waals surface area contributed by atoms with E-state index in [-0.39, 0.29) is 0 Å². The van der Waals surface area contributed by atoms with Crippen LogP contribution in [0.1, 0.15) is 17.4 Å². The number of aliphatic hydroxyl groups is 1. The Morgan fingerprint density at radius 3 is 2.94 bits per heavy atom. The highest BCUT2D eigenvalue weighted by Crippen LogP contribution is 2.29. The molecule has 2 aromatic rings. The summed E-state index contributed by atoms with van der Waals surface area (Å²) < 4.78 is 1.06. The number of nitrogens with zero attached hydrogens (tertiary/aromatic N) is 1. The van der Waals surface area contributed by atoms with Gasteiger partial charge in [-0.05, 0) is 35.0 Å². The Balaban J connectivity index is 2.20. The van der Waals surface area contributed by atoms with Gasteiger partial charge in [-0.15, -0.1) is 11.3 Å². The van der Waals surface area contributed by atoms with E-state index in [1.807, 2.05) is 30.5 Å². The number of rotatable bonds is 3. The molecule has 4 heteroatoms. The van der Waals surface area contributed by atoms with Gasteiger partial charge in [-0.1, -0.05) is 6.07 Å². The molecule has 0 bridgehead atoms. The monoisotopic (exact) mass is 297 g/mol. The highest BCUT2D eigenvalue weighted by Gasteiger charge is 2.24. The summed E-state index contributed by atoms with van der Waals surface area (Å²) in [6, 6.07) is 5.78. The molecule has 2 aromatic heterocycles. The highest BCUT2D eigenvalue weighted by molar-refractivity contribution is 9.10. The highest BCUT2D eigenvalue weighted by atomic mass is 79.9. The Morgan fingerprint density at radius 1 is 1.56 bits per heavy atom. The van der Waals surface area contributed by atoms with Gasteiger partial charge in [0.1, 0.15) is 0 Å². The summed E-state index contributed by atoms with van der Waals surface area (Å²) in [5, 5.41) is 12.4. The lowest BCUT2D eigenvalue weighted by Gasteiger charge is -2.22. The average Bonchev–Trinajstić information content (AvgIpc) is 2.64. The third-order valence-corrected chi connectivity index (χ3v) is 4.12. The van der Waals surface area contributed by atoms with Crippen LogP contribution in [-0.4, -0.2) is 10.1 Å². The van der Waals surface area contributed by atoms with Gasteiger partial charge in [0.2, 0.25) is 0 Å². The standard InChI is InChI=1S/C12H12BrNOS/c1-12(15,9-3-2-4-14-7-9)6-11-5-10(13)8-16-11/h2-5,7-8,15H,6H2,1H3. The van der Waals surface area contributed by atoms with Gasteiger partial charge in [-0.3, -0.25) is 4.98 Å². The predicted molar refractivity (Wildman–Crippen MR) is 69.5 cm³/mol. The van der Waals surface area contributed by atoms with E-state index in [2.05, 4.69) is 20.9 Å². The normalized spacial score (nSPS) is 14.7. The molecule has 84 valence electrons. The molecular weight excluding hydrogens is 286 g/mol. The molecule has 0 aliphatic rings. The number of halogens is 1. The molecule has 2 nitrogen and oxygen atoms in total. The summed E-state index contributed by atoms with van der Waals surface area (Å²) in [6.45, 7) is 1.82.